The van der Waals surface area contributed by atoms with Gasteiger partial charge in [0, 0.05) is 24.2 Å². The average Bonchev–Trinajstić information content (AvgIpc) is 3.31. The summed E-state index contributed by atoms with van der Waals surface area (Å²) in [6.45, 7) is 4.51. The van der Waals surface area contributed by atoms with Crippen molar-refractivity contribution in [3.63, 3.8) is 0 Å². The number of hydrogen-bond acceptors (Lipinski definition) is 5. The van der Waals surface area contributed by atoms with E-state index in [1.165, 1.54) is 0 Å². The van der Waals surface area contributed by atoms with Gasteiger partial charge in [-0.15, -0.1) is 0 Å². The number of ketones is 2. The molecule has 5 nitrogen and oxygen atoms in total. The third-order valence-corrected chi connectivity index (χ3v) is 11.1. The Kier molecular flexibility index (Phi) is 3.20. The molecule has 0 aromatic heterocycles. The third-order valence-electron chi connectivity index (χ3n) is 11.1. The van der Waals surface area contributed by atoms with Gasteiger partial charge in [-0.05, 0) is 68.1 Å². The molecule has 0 N–H and O–H groups in total. The van der Waals surface area contributed by atoms with Gasteiger partial charge in [-0.3, -0.25) is 14.4 Å². The summed E-state index contributed by atoms with van der Waals surface area (Å²) in [7, 11) is 0. The Morgan fingerprint density at radius 2 is 1.69 bits per heavy atom. The molecule has 2 bridgehead atoms. The van der Waals surface area contributed by atoms with Crippen molar-refractivity contribution in [2.24, 2.45) is 45.8 Å². The van der Waals surface area contributed by atoms with E-state index in [4.69, 9.17) is 4.74 Å². The largest absolute Gasteiger partial charge is 0.458 e. The number of fused-ring (bicyclic) bond motifs is 7. The number of nitrogens with zero attached hydrogens (tertiary/aromatic N) is 1. The van der Waals surface area contributed by atoms with Gasteiger partial charge in [-0.1, -0.05) is 13.8 Å². The fourth-order valence-electron chi connectivity index (χ4n) is 9.64. The van der Waals surface area contributed by atoms with Gasteiger partial charge in [0.15, 0.2) is 0 Å². The van der Waals surface area contributed by atoms with E-state index in [2.05, 4.69) is 19.9 Å². The summed E-state index contributed by atoms with van der Waals surface area (Å²) in [6.07, 6.45) is 6.89. The predicted octanol–water partition coefficient (Wildman–Crippen LogP) is 3.60. The minimum Gasteiger partial charge on any atom is -0.458 e. The number of ether oxygens (including phenoxy) is 1. The predicted molar refractivity (Wildman–Crippen MR) is 102 cm³/mol. The Labute approximate surface area is 171 Å². The lowest BCUT2D eigenvalue weighted by Crippen LogP contribution is -2.60. The molecule has 0 aromatic rings. The summed E-state index contributed by atoms with van der Waals surface area (Å²) in [6, 6.07) is 2.56. The van der Waals surface area contributed by atoms with Crippen molar-refractivity contribution in [2.45, 2.75) is 77.2 Å². The highest BCUT2D eigenvalue weighted by Gasteiger charge is 2.77. The number of carbonyl (C=O) groups is 3. The van der Waals surface area contributed by atoms with E-state index >= 15 is 0 Å². The number of nitriles is 1. The summed E-state index contributed by atoms with van der Waals surface area (Å²) in [5, 5.41) is 10.3. The number of hydrogen-bond donors (Lipinski definition) is 0. The van der Waals surface area contributed by atoms with Crippen molar-refractivity contribution in [2.75, 3.05) is 0 Å². The van der Waals surface area contributed by atoms with Crippen LogP contribution in [0.4, 0.5) is 0 Å². The van der Waals surface area contributed by atoms with Crippen LogP contribution < -0.4 is 0 Å². The molecule has 6 aliphatic rings. The van der Waals surface area contributed by atoms with Crippen LogP contribution in [0, 0.1) is 57.2 Å². The van der Waals surface area contributed by atoms with Crippen LogP contribution in [0.3, 0.4) is 0 Å². The van der Waals surface area contributed by atoms with Gasteiger partial charge in [0.25, 0.3) is 0 Å². The van der Waals surface area contributed by atoms with E-state index in [0.29, 0.717) is 31.1 Å². The minimum absolute atomic E-state index is 0.00514. The first-order chi connectivity index (χ1) is 13.7. The van der Waals surface area contributed by atoms with Crippen molar-refractivity contribution >= 4 is 17.5 Å². The van der Waals surface area contributed by atoms with E-state index < -0.39 is 11.3 Å². The molecule has 154 valence electrons. The normalized spacial score (nSPS) is 57.4. The van der Waals surface area contributed by atoms with Gasteiger partial charge in [0.2, 0.25) is 0 Å². The van der Waals surface area contributed by atoms with E-state index in [-0.39, 0.29) is 45.8 Å². The lowest BCUT2D eigenvalue weighted by molar-refractivity contribution is -0.183. The van der Waals surface area contributed by atoms with Gasteiger partial charge in [-0.2, -0.15) is 5.26 Å². The van der Waals surface area contributed by atoms with Gasteiger partial charge in [0.1, 0.15) is 17.2 Å². The van der Waals surface area contributed by atoms with E-state index in [1.807, 2.05) is 0 Å². The molecule has 29 heavy (non-hydrogen) atoms. The van der Waals surface area contributed by atoms with Gasteiger partial charge >= 0.3 is 5.97 Å². The first-order valence-electron chi connectivity index (χ1n) is 11.4. The molecular weight excluding hydrogens is 366 g/mol. The molecule has 1 heterocycles. The highest BCUT2D eigenvalue weighted by Crippen LogP contribution is 2.76. The quantitative estimate of drug-likeness (QED) is 0.462. The Morgan fingerprint density at radius 3 is 2.38 bits per heavy atom. The standard InChI is InChI=1S/C24H29NO4/c1-21-8-5-16(26)19-20(28)13(11-23(19,21)12-25)18-14(21)3-7-22(2)15(18)4-9-24(22)10-6-17(27)29-24/h13-15,18-19H,3-11H2,1-2H3/t13-,14?,15?,18?,19?,21?,22?,23+,24-/m1/s1. The number of rotatable bonds is 0. The first kappa shape index (κ1) is 18.1. The van der Waals surface area contributed by atoms with Crippen LogP contribution in [-0.2, 0) is 19.1 Å². The molecule has 1 saturated heterocycles. The highest BCUT2D eigenvalue weighted by molar-refractivity contribution is 6.07. The molecule has 6 fully saturated rings. The van der Waals surface area contributed by atoms with Crippen molar-refractivity contribution in [1.29, 1.82) is 5.26 Å². The topological polar surface area (TPSA) is 84.2 Å². The second-order valence-electron chi connectivity index (χ2n) is 11.4. The summed E-state index contributed by atoms with van der Waals surface area (Å²) in [4.78, 5) is 38.4. The zero-order valence-corrected chi connectivity index (χ0v) is 17.3. The molecule has 1 spiro atoms. The van der Waals surface area contributed by atoms with E-state index in [9.17, 15) is 19.6 Å². The molecule has 6 unspecified atom stereocenters. The van der Waals surface area contributed by atoms with Crippen molar-refractivity contribution in [1.82, 2.24) is 0 Å². The van der Waals surface area contributed by atoms with Crippen molar-refractivity contribution < 1.29 is 19.1 Å². The first-order valence-corrected chi connectivity index (χ1v) is 11.4. The SMILES string of the molecule is CC12CCC3C(C1CC[C@@]21CCC(=O)O1)[C@H]1C[C@]2(C#N)C(C(=O)CCC32C)C1=O. The lowest BCUT2D eigenvalue weighted by Gasteiger charge is -2.62. The third kappa shape index (κ3) is 1.71. The lowest BCUT2D eigenvalue weighted by atomic mass is 9.40. The molecule has 6 rings (SSSR count). The molecule has 1 aliphatic heterocycles. The zero-order valence-electron chi connectivity index (χ0n) is 17.3. The molecular formula is C24H29NO4. The summed E-state index contributed by atoms with van der Waals surface area (Å²) in [5.41, 5.74) is -1.52. The molecule has 9 atom stereocenters. The Balaban J connectivity index is 1.48. The summed E-state index contributed by atoms with van der Waals surface area (Å²) < 4.78 is 6.01. The molecule has 0 radical (unpaired) electrons. The maximum Gasteiger partial charge on any atom is 0.306 e. The van der Waals surface area contributed by atoms with Crippen LogP contribution in [0.5, 0.6) is 0 Å². The highest BCUT2D eigenvalue weighted by atomic mass is 16.6. The number of Topliss-reactive ketones (excluding diaryl/α,β-unsaturated/α-hetero) is 2. The van der Waals surface area contributed by atoms with Gasteiger partial charge in [-0.25, -0.2) is 0 Å². The zero-order chi connectivity index (χ0) is 20.4. The number of carbonyl (C=O) groups excluding carboxylic acids is 3. The van der Waals surface area contributed by atoms with Crippen molar-refractivity contribution in [3.8, 4) is 6.07 Å². The smallest absolute Gasteiger partial charge is 0.306 e. The fraction of sp³-hybridized carbons (Fsp3) is 0.833. The maximum atomic E-state index is 13.6. The van der Waals surface area contributed by atoms with Crippen LogP contribution >= 0.6 is 0 Å². The second-order valence-corrected chi connectivity index (χ2v) is 11.4. The Bertz CT molecular complexity index is 905. The molecule has 0 aromatic carbocycles. The average molecular weight is 395 g/mol. The Morgan fingerprint density at radius 1 is 0.966 bits per heavy atom. The molecule has 5 saturated carbocycles. The van der Waals surface area contributed by atoms with Crippen LogP contribution in [0.25, 0.3) is 0 Å². The fourth-order valence-corrected chi connectivity index (χ4v) is 9.64. The van der Waals surface area contributed by atoms with Gasteiger partial charge in [0.05, 0.1) is 17.4 Å². The minimum atomic E-state index is -0.797. The van der Waals surface area contributed by atoms with Crippen LogP contribution in [0.15, 0.2) is 0 Å². The summed E-state index contributed by atoms with van der Waals surface area (Å²) >= 11 is 0. The second kappa shape index (κ2) is 5.13. The summed E-state index contributed by atoms with van der Waals surface area (Å²) in [5.74, 6) is -0.00952. The Hall–Kier alpha value is -1.70. The molecule has 5 aliphatic carbocycles. The van der Waals surface area contributed by atoms with Crippen LogP contribution in [0.1, 0.15) is 71.6 Å². The van der Waals surface area contributed by atoms with Gasteiger partial charge < -0.3 is 4.74 Å². The van der Waals surface area contributed by atoms with E-state index in [1.54, 1.807) is 0 Å². The van der Waals surface area contributed by atoms with Crippen LogP contribution in [-0.4, -0.2) is 23.1 Å². The monoisotopic (exact) mass is 395 g/mol. The molecule has 0 amide bonds. The maximum absolute atomic E-state index is 13.6. The van der Waals surface area contributed by atoms with Crippen LogP contribution in [0.2, 0.25) is 0 Å². The number of esters is 1. The molecule has 5 heteroatoms. The van der Waals surface area contributed by atoms with Crippen molar-refractivity contribution in [3.05, 3.63) is 0 Å². The van der Waals surface area contributed by atoms with E-state index in [0.717, 1.165) is 38.5 Å².